The number of nitrogens with zero attached hydrogens (tertiary/aromatic N) is 2. The van der Waals surface area contributed by atoms with Crippen molar-refractivity contribution in [1.82, 2.24) is 9.80 Å². The molecule has 1 aromatic rings. The molecule has 0 amide bonds. The summed E-state index contributed by atoms with van der Waals surface area (Å²) < 4.78 is 5.71. The first-order chi connectivity index (χ1) is 9.56. The number of ether oxygens (including phenoxy) is 1. The molecule has 1 rings (SSSR count). The Morgan fingerprint density at radius 3 is 2.40 bits per heavy atom. The highest BCUT2D eigenvalue weighted by atomic mass is 16.5. The maximum Gasteiger partial charge on any atom is 0.122 e. The molecule has 0 saturated carbocycles. The van der Waals surface area contributed by atoms with E-state index in [-0.39, 0.29) is 0 Å². The fraction of sp³-hybridized carbons (Fsp3) is 0.647. The minimum Gasteiger partial charge on any atom is -0.494 e. The second kappa shape index (κ2) is 8.98. The smallest absolute Gasteiger partial charge is 0.122 e. The average molecular weight is 278 g/mol. The zero-order valence-corrected chi connectivity index (χ0v) is 13.8. The lowest BCUT2D eigenvalue weighted by Crippen LogP contribution is -2.28. The molecule has 20 heavy (non-hydrogen) atoms. The molecule has 0 aromatic heterocycles. The monoisotopic (exact) mass is 278 g/mol. The van der Waals surface area contributed by atoms with Gasteiger partial charge in [-0.15, -0.1) is 0 Å². The van der Waals surface area contributed by atoms with Gasteiger partial charge in [-0.05, 0) is 51.7 Å². The van der Waals surface area contributed by atoms with Crippen LogP contribution in [0.2, 0.25) is 0 Å². The van der Waals surface area contributed by atoms with E-state index in [2.05, 4.69) is 56.1 Å². The summed E-state index contributed by atoms with van der Waals surface area (Å²) in [4.78, 5) is 4.59. The predicted octanol–water partition coefficient (Wildman–Crippen LogP) is 3.03. The van der Waals surface area contributed by atoms with Crippen LogP contribution >= 0.6 is 0 Å². The Balaban J connectivity index is 2.68. The third kappa shape index (κ3) is 5.93. The highest BCUT2D eigenvalue weighted by Gasteiger charge is 2.06. The molecule has 0 spiro atoms. The molecule has 1 aromatic carbocycles. The predicted molar refractivity (Wildman–Crippen MR) is 86.5 cm³/mol. The first-order valence-electron chi connectivity index (χ1n) is 7.64. The molecule has 0 radical (unpaired) electrons. The molecule has 0 unspecified atom stereocenters. The van der Waals surface area contributed by atoms with E-state index in [1.54, 1.807) is 0 Å². The number of hydrogen-bond acceptors (Lipinski definition) is 3. The van der Waals surface area contributed by atoms with Crippen LogP contribution < -0.4 is 4.74 Å². The lowest BCUT2D eigenvalue weighted by Gasteiger charge is -2.20. The van der Waals surface area contributed by atoms with Crippen LogP contribution in [0.25, 0.3) is 0 Å². The van der Waals surface area contributed by atoms with Crippen molar-refractivity contribution in [2.75, 3.05) is 40.8 Å². The van der Waals surface area contributed by atoms with Crippen LogP contribution in [-0.2, 0) is 13.0 Å². The van der Waals surface area contributed by atoms with E-state index in [0.29, 0.717) is 0 Å². The first-order valence-corrected chi connectivity index (χ1v) is 7.64. The Bertz CT molecular complexity index is 391. The summed E-state index contributed by atoms with van der Waals surface area (Å²) in [5.74, 6) is 1.05. The van der Waals surface area contributed by atoms with E-state index in [0.717, 1.165) is 44.8 Å². The normalized spacial score (nSPS) is 11.3. The van der Waals surface area contributed by atoms with Gasteiger partial charge in [0.15, 0.2) is 0 Å². The maximum atomic E-state index is 5.71. The zero-order chi connectivity index (χ0) is 15.0. The van der Waals surface area contributed by atoms with Gasteiger partial charge in [-0.25, -0.2) is 0 Å². The average Bonchev–Trinajstić information content (AvgIpc) is 2.40. The maximum absolute atomic E-state index is 5.71. The lowest BCUT2D eigenvalue weighted by atomic mass is 10.1. The van der Waals surface area contributed by atoms with Crippen molar-refractivity contribution in [3.05, 3.63) is 29.3 Å². The van der Waals surface area contributed by atoms with Gasteiger partial charge >= 0.3 is 0 Å². The minimum absolute atomic E-state index is 0.735. The van der Waals surface area contributed by atoms with Crippen molar-refractivity contribution >= 4 is 0 Å². The van der Waals surface area contributed by atoms with Gasteiger partial charge in [0.25, 0.3) is 0 Å². The number of hydrogen-bond donors (Lipinski definition) is 0. The van der Waals surface area contributed by atoms with Crippen LogP contribution in [0.3, 0.4) is 0 Å². The summed E-state index contributed by atoms with van der Waals surface area (Å²) in [7, 11) is 6.41. The standard InChI is InChI=1S/C17H30N2O/c1-6-8-16-13-15(9-10-17(16)20-7-2)14-19(5)12-11-18(3)4/h9-10,13H,6-8,11-12,14H2,1-5H3. The van der Waals surface area contributed by atoms with Crippen LogP contribution in [0.1, 0.15) is 31.4 Å². The molecule has 3 heteroatoms. The molecule has 0 saturated heterocycles. The van der Waals surface area contributed by atoms with Crippen molar-refractivity contribution in [3.63, 3.8) is 0 Å². The van der Waals surface area contributed by atoms with Crippen LogP contribution in [0.4, 0.5) is 0 Å². The quantitative estimate of drug-likeness (QED) is 0.690. The second-order valence-corrected chi connectivity index (χ2v) is 5.67. The molecule has 0 atom stereocenters. The van der Waals surface area contributed by atoms with Crippen molar-refractivity contribution in [2.24, 2.45) is 0 Å². The highest BCUT2D eigenvalue weighted by molar-refractivity contribution is 5.37. The Hall–Kier alpha value is -1.06. The second-order valence-electron chi connectivity index (χ2n) is 5.67. The molecule has 3 nitrogen and oxygen atoms in total. The minimum atomic E-state index is 0.735. The van der Waals surface area contributed by atoms with Gasteiger partial charge in [-0.1, -0.05) is 25.5 Å². The van der Waals surface area contributed by atoms with Crippen LogP contribution in [0.15, 0.2) is 18.2 Å². The summed E-state index contributed by atoms with van der Waals surface area (Å²) in [5, 5.41) is 0. The van der Waals surface area contributed by atoms with Crippen molar-refractivity contribution < 1.29 is 4.74 Å². The lowest BCUT2D eigenvalue weighted by molar-refractivity contribution is 0.276. The highest BCUT2D eigenvalue weighted by Crippen LogP contribution is 2.22. The summed E-state index contributed by atoms with van der Waals surface area (Å²) in [6, 6.07) is 6.63. The molecule has 0 aliphatic heterocycles. The van der Waals surface area contributed by atoms with E-state index >= 15 is 0 Å². The number of rotatable bonds is 9. The van der Waals surface area contributed by atoms with E-state index in [1.165, 1.54) is 11.1 Å². The van der Waals surface area contributed by atoms with Gasteiger partial charge in [-0.2, -0.15) is 0 Å². The Morgan fingerprint density at radius 1 is 1.05 bits per heavy atom. The summed E-state index contributed by atoms with van der Waals surface area (Å²) in [5.41, 5.74) is 2.71. The fourth-order valence-corrected chi connectivity index (χ4v) is 2.25. The molecule has 0 aliphatic rings. The van der Waals surface area contributed by atoms with Gasteiger partial charge in [0, 0.05) is 19.6 Å². The third-order valence-corrected chi connectivity index (χ3v) is 3.33. The molecule has 0 bridgehead atoms. The number of aryl methyl sites for hydroxylation is 1. The SMILES string of the molecule is CCCc1cc(CN(C)CCN(C)C)ccc1OCC. The third-order valence-electron chi connectivity index (χ3n) is 3.33. The molecular weight excluding hydrogens is 248 g/mol. The van der Waals surface area contributed by atoms with Gasteiger partial charge in [0.1, 0.15) is 5.75 Å². The summed E-state index contributed by atoms with van der Waals surface area (Å²) >= 11 is 0. The van der Waals surface area contributed by atoms with Gasteiger partial charge in [0.2, 0.25) is 0 Å². The first kappa shape index (κ1) is 17.0. The molecular formula is C17H30N2O. The van der Waals surface area contributed by atoms with Crippen LogP contribution in [0.5, 0.6) is 5.75 Å². The summed E-state index contributed by atoms with van der Waals surface area (Å²) in [6.07, 6.45) is 2.24. The molecule has 0 fully saturated rings. The van der Waals surface area contributed by atoms with Crippen molar-refractivity contribution in [1.29, 1.82) is 0 Å². The van der Waals surface area contributed by atoms with Crippen LogP contribution in [-0.4, -0.2) is 50.6 Å². The van der Waals surface area contributed by atoms with Crippen LogP contribution in [0, 0.1) is 0 Å². The fourth-order valence-electron chi connectivity index (χ4n) is 2.25. The van der Waals surface area contributed by atoms with Crippen molar-refractivity contribution in [3.8, 4) is 5.75 Å². The summed E-state index contributed by atoms with van der Waals surface area (Å²) in [6.45, 7) is 8.17. The molecule has 0 heterocycles. The van der Waals surface area contributed by atoms with E-state index < -0.39 is 0 Å². The largest absolute Gasteiger partial charge is 0.494 e. The number of benzene rings is 1. The number of likely N-dealkylation sites (N-methyl/N-ethyl adjacent to an activating group) is 2. The van der Waals surface area contributed by atoms with E-state index in [9.17, 15) is 0 Å². The molecule has 0 N–H and O–H groups in total. The zero-order valence-electron chi connectivity index (χ0n) is 13.8. The Labute approximate surface area is 124 Å². The molecule has 0 aliphatic carbocycles. The van der Waals surface area contributed by atoms with E-state index in [1.807, 2.05) is 6.92 Å². The van der Waals surface area contributed by atoms with E-state index in [4.69, 9.17) is 4.74 Å². The topological polar surface area (TPSA) is 15.7 Å². The molecule has 114 valence electrons. The van der Waals surface area contributed by atoms with Gasteiger partial charge in [-0.3, -0.25) is 0 Å². The Kier molecular flexibility index (Phi) is 7.63. The van der Waals surface area contributed by atoms with Gasteiger partial charge < -0.3 is 14.5 Å². The van der Waals surface area contributed by atoms with Crippen molar-refractivity contribution in [2.45, 2.75) is 33.2 Å². The Morgan fingerprint density at radius 2 is 1.80 bits per heavy atom. The van der Waals surface area contributed by atoms with Gasteiger partial charge in [0.05, 0.1) is 6.61 Å².